The van der Waals surface area contributed by atoms with Crippen LogP contribution >= 0.6 is 0 Å². The van der Waals surface area contributed by atoms with Gasteiger partial charge in [-0.15, -0.1) is 0 Å². The van der Waals surface area contributed by atoms with Crippen LogP contribution in [-0.2, 0) is 11.3 Å². The van der Waals surface area contributed by atoms with Gasteiger partial charge in [-0.1, -0.05) is 29.8 Å². The first-order chi connectivity index (χ1) is 9.20. The van der Waals surface area contributed by atoms with Crippen LogP contribution in [0.5, 0.6) is 0 Å². The third-order valence-electron chi connectivity index (χ3n) is 4.52. The Morgan fingerprint density at radius 1 is 1.37 bits per heavy atom. The second kappa shape index (κ2) is 4.97. The summed E-state index contributed by atoms with van der Waals surface area (Å²) in [6.07, 6.45) is 3.21. The van der Waals surface area contributed by atoms with Gasteiger partial charge in [0.15, 0.2) is 0 Å². The van der Waals surface area contributed by atoms with E-state index in [-0.39, 0.29) is 5.41 Å². The van der Waals surface area contributed by atoms with Crippen LogP contribution in [0.3, 0.4) is 0 Å². The molecule has 1 N–H and O–H groups in total. The molecule has 2 heterocycles. The van der Waals surface area contributed by atoms with Gasteiger partial charge in [0, 0.05) is 19.6 Å². The van der Waals surface area contributed by atoms with Crippen molar-refractivity contribution in [1.29, 1.82) is 0 Å². The molecule has 0 bridgehead atoms. The normalized spacial score (nSPS) is 27.2. The molecule has 0 saturated carbocycles. The van der Waals surface area contributed by atoms with E-state index in [2.05, 4.69) is 41.4 Å². The standard InChI is InChI=1S/C16H22N2O/c1-13-4-2-5-14(10-13)11-18-9-3-6-16(15(18)19)7-8-17-12-16/h2,4-5,10,17H,3,6-9,11-12H2,1H3. The highest BCUT2D eigenvalue weighted by Crippen LogP contribution is 2.37. The number of hydrogen-bond acceptors (Lipinski definition) is 2. The highest BCUT2D eigenvalue weighted by molar-refractivity contribution is 5.84. The predicted molar refractivity (Wildman–Crippen MR) is 75.7 cm³/mol. The van der Waals surface area contributed by atoms with Gasteiger partial charge in [-0.25, -0.2) is 0 Å². The summed E-state index contributed by atoms with van der Waals surface area (Å²) in [5, 5.41) is 3.36. The number of benzene rings is 1. The van der Waals surface area contributed by atoms with Gasteiger partial charge in [0.2, 0.25) is 5.91 Å². The van der Waals surface area contributed by atoms with E-state index in [1.165, 1.54) is 11.1 Å². The van der Waals surface area contributed by atoms with Gasteiger partial charge in [-0.3, -0.25) is 4.79 Å². The minimum atomic E-state index is -0.0952. The van der Waals surface area contributed by atoms with Gasteiger partial charge in [0.25, 0.3) is 0 Å². The molecule has 2 saturated heterocycles. The summed E-state index contributed by atoms with van der Waals surface area (Å²) in [7, 11) is 0. The summed E-state index contributed by atoms with van der Waals surface area (Å²) in [6.45, 7) is 5.64. The molecule has 1 amide bonds. The maximum atomic E-state index is 12.7. The molecule has 3 nitrogen and oxygen atoms in total. The number of nitrogens with zero attached hydrogens (tertiary/aromatic N) is 1. The molecule has 2 aliphatic heterocycles. The van der Waals surface area contributed by atoms with Crippen LogP contribution in [0.1, 0.15) is 30.4 Å². The van der Waals surface area contributed by atoms with Crippen LogP contribution in [0.2, 0.25) is 0 Å². The quantitative estimate of drug-likeness (QED) is 0.881. The molecular weight excluding hydrogens is 236 g/mol. The number of aryl methyl sites for hydroxylation is 1. The van der Waals surface area contributed by atoms with Gasteiger partial charge in [0.05, 0.1) is 5.41 Å². The number of hydrogen-bond donors (Lipinski definition) is 1. The van der Waals surface area contributed by atoms with E-state index in [4.69, 9.17) is 0 Å². The molecule has 19 heavy (non-hydrogen) atoms. The van der Waals surface area contributed by atoms with Crippen LogP contribution in [0.4, 0.5) is 0 Å². The van der Waals surface area contributed by atoms with Crippen molar-refractivity contribution in [3.63, 3.8) is 0 Å². The predicted octanol–water partition coefficient (Wildman–Crippen LogP) is 2.10. The molecule has 0 radical (unpaired) electrons. The summed E-state index contributed by atoms with van der Waals surface area (Å²) in [6, 6.07) is 8.48. The average Bonchev–Trinajstić information content (AvgIpc) is 2.85. The topological polar surface area (TPSA) is 32.3 Å². The van der Waals surface area contributed by atoms with Crippen molar-refractivity contribution < 1.29 is 4.79 Å². The summed E-state index contributed by atoms with van der Waals surface area (Å²) in [5.74, 6) is 0.366. The number of likely N-dealkylation sites (tertiary alicyclic amines) is 1. The van der Waals surface area contributed by atoms with E-state index in [9.17, 15) is 4.79 Å². The fraction of sp³-hybridized carbons (Fsp3) is 0.562. The zero-order valence-corrected chi connectivity index (χ0v) is 11.6. The third-order valence-corrected chi connectivity index (χ3v) is 4.52. The maximum Gasteiger partial charge on any atom is 0.230 e. The minimum Gasteiger partial charge on any atom is -0.338 e. The molecule has 3 rings (SSSR count). The molecular formula is C16H22N2O. The number of amides is 1. The lowest BCUT2D eigenvalue weighted by molar-refractivity contribution is -0.145. The van der Waals surface area contributed by atoms with Crippen molar-refractivity contribution in [2.24, 2.45) is 5.41 Å². The van der Waals surface area contributed by atoms with E-state index in [1.54, 1.807) is 0 Å². The number of rotatable bonds is 2. The number of carbonyl (C=O) groups is 1. The Kier molecular flexibility index (Phi) is 3.31. The van der Waals surface area contributed by atoms with Crippen molar-refractivity contribution in [2.75, 3.05) is 19.6 Å². The fourth-order valence-corrected chi connectivity index (χ4v) is 3.47. The Bertz CT molecular complexity index is 477. The molecule has 1 atom stereocenters. The van der Waals surface area contributed by atoms with Crippen LogP contribution < -0.4 is 5.32 Å². The summed E-state index contributed by atoms with van der Waals surface area (Å²) >= 11 is 0. The highest BCUT2D eigenvalue weighted by atomic mass is 16.2. The Hall–Kier alpha value is -1.35. The first-order valence-electron chi connectivity index (χ1n) is 7.25. The monoisotopic (exact) mass is 258 g/mol. The average molecular weight is 258 g/mol. The summed E-state index contributed by atoms with van der Waals surface area (Å²) in [4.78, 5) is 14.8. The molecule has 1 aromatic rings. The fourth-order valence-electron chi connectivity index (χ4n) is 3.47. The first kappa shape index (κ1) is 12.7. The van der Waals surface area contributed by atoms with Gasteiger partial charge < -0.3 is 10.2 Å². The van der Waals surface area contributed by atoms with Crippen molar-refractivity contribution in [3.8, 4) is 0 Å². The van der Waals surface area contributed by atoms with E-state index >= 15 is 0 Å². The van der Waals surface area contributed by atoms with E-state index in [0.717, 1.165) is 45.4 Å². The molecule has 2 aliphatic rings. The Morgan fingerprint density at radius 2 is 2.26 bits per heavy atom. The molecule has 0 aromatic heterocycles. The van der Waals surface area contributed by atoms with Crippen molar-refractivity contribution in [3.05, 3.63) is 35.4 Å². The second-order valence-corrected chi connectivity index (χ2v) is 6.03. The third kappa shape index (κ3) is 2.39. The lowest BCUT2D eigenvalue weighted by Crippen LogP contribution is -2.49. The van der Waals surface area contributed by atoms with Gasteiger partial charge in [-0.05, 0) is 38.3 Å². The lowest BCUT2D eigenvalue weighted by Gasteiger charge is -2.39. The Balaban J connectivity index is 1.76. The van der Waals surface area contributed by atoms with E-state index < -0.39 is 0 Å². The van der Waals surface area contributed by atoms with Gasteiger partial charge in [0.1, 0.15) is 0 Å². The SMILES string of the molecule is Cc1cccc(CN2CCCC3(CCNC3)C2=O)c1. The van der Waals surface area contributed by atoms with Crippen molar-refractivity contribution >= 4 is 5.91 Å². The number of nitrogens with one attached hydrogen (secondary N) is 1. The van der Waals surface area contributed by atoms with E-state index in [0.29, 0.717) is 5.91 Å². The summed E-state index contributed by atoms with van der Waals surface area (Å²) < 4.78 is 0. The summed E-state index contributed by atoms with van der Waals surface area (Å²) in [5.41, 5.74) is 2.41. The van der Waals surface area contributed by atoms with Crippen LogP contribution in [0, 0.1) is 12.3 Å². The van der Waals surface area contributed by atoms with Crippen LogP contribution in [-0.4, -0.2) is 30.4 Å². The first-order valence-corrected chi connectivity index (χ1v) is 7.25. The molecule has 2 fully saturated rings. The van der Waals surface area contributed by atoms with Gasteiger partial charge in [-0.2, -0.15) is 0 Å². The van der Waals surface area contributed by atoms with Crippen LogP contribution in [0.15, 0.2) is 24.3 Å². The zero-order valence-electron chi connectivity index (χ0n) is 11.6. The highest BCUT2D eigenvalue weighted by Gasteiger charge is 2.45. The van der Waals surface area contributed by atoms with Crippen molar-refractivity contribution in [2.45, 2.75) is 32.7 Å². The Labute approximate surface area is 115 Å². The number of piperidine rings is 1. The molecule has 1 aromatic carbocycles. The molecule has 1 spiro atoms. The smallest absolute Gasteiger partial charge is 0.230 e. The molecule has 102 valence electrons. The molecule has 1 unspecified atom stereocenters. The molecule has 3 heteroatoms. The van der Waals surface area contributed by atoms with E-state index in [1.807, 2.05) is 0 Å². The maximum absolute atomic E-state index is 12.7. The second-order valence-electron chi connectivity index (χ2n) is 6.03. The zero-order chi connectivity index (χ0) is 13.3. The number of carbonyl (C=O) groups excluding carboxylic acids is 1. The minimum absolute atomic E-state index is 0.0952. The van der Waals surface area contributed by atoms with Crippen LogP contribution in [0.25, 0.3) is 0 Å². The Morgan fingerprint density at radius 3 is 3.00 bits per heavy atom. The lowest BCUT2D eigenvalue weighted by atomic mass is 9.78. The van der Waals surface area contributed by atoms with Gasteiger partial charge >= 0.3 is 0 Å². The van der Waals surface area contributed by atoms with Crippen molar-refractivity contribution in [1.82, 2.24) is 10.2 Å². The molecule has 0 aliphatic carbocycles. The largest absolute Gasteiger partial charge is 0.338 e.